The molecule has 0 unspecified atom stereocenters. The zero-order valence-electron chi connectivity index (χ0n) is 5.66. The van der Waals surface area contributed by atoms with E-state index >= 15 is 0 Å². The molecule has 1 heterocycles. The van der Waals surface area contributed by atoms with Crippen LogP contribution in [-0.4, -0.2) is 19.2 Å². The fraction of sp³-hybridized carbons (Fsp3) is 0. The van der Waals surface area contributed by atoms with E-state index < -0.39 is 10.0 Å². The number of benzene rings is 1. The van der Waals surface area contributed by atoms with Crippen molar-refractivity contribution in [3.05, 3.63) is 30.6 Å². The molecular weight excluding hydrogens is 159 g/mol. The molecule has 0 saturated carbocycles. The minimum Gasteiger partial charge on any atom is -0.329 e. The molecule has 0 aliphatic carbocycles. The highest BCUT2D eigenvalue weighted by molar-refractivity contribution is 6.26. The van der Waals surface area contributed by atoms with Crippen molar-refractivity contribution >= 4 is 21.0 Å². The Balaban J connectivity index is 2.76. The van der Waals surface area contributed by atoms with Crippen LogP contribution in [0.3, 0.4) is 0 Å². The van der Waals surface area contributed by atoms with Crippen molar-refractivity contribution in [3.63, 3.8) is 0 Å². The number of para-hydroxylation sites is 2. The largest absolute Gasteiger partial charge is 0.443 e. The molecule has 0 atom stereocenters. The third kappa shape index (κ3) is 0.951. The van der Waals surface area contributed by atoms with Crippen LogP contribution in [0.5, 0.6) is 0 Å². The Kier molecular flexibility index (Phi) is 1.47. The predicted octanol–water partition coefficient (Wildman–Crippen LogP) is 1.39. The van der Waals surface area contributed by atoms with Gasteiger partial charge in [0.2, 0.25) is 0 Å². The van der Waals surface area contributed by atoms with Gasteiger partial charge in [-0.1, -0.05) is 12.1 Å². The second-order valence-corrected chi connectivity index (χ2v) is 2.84. The maximum absolute atomic E-state index is 12.2. The van der Waals surface area contributed by atoms with Gasteiger partial charge in [-0.05, 0) is 12.1 Å². The maximum atomic E-state index is 12.2. The third-order valence-electron chi connectivity index (χ3n) is 1.54. The summed E-state index contributed by atoms with van der Waals surface area (Å²) >= 11 is 0. The monoisotopic (exact) mass is 164 g/mol. The van der Waals surface area contributed by atoms with E-state index in [1.807, 2.05) is 24.3 Å². The lowest BCUT2D eigenvalue weighted by atomic mass is 10.3. The first-order chi connectivity index (χ1) is 5.42. The minimum atomic E-state index is -0.738. The standard InChI is InChI=1S/C7H5FN2Si/c8-11-10-5-9-6-3-1-2-4-7(6)10/h1-5H. The van der Waals surface area contributed by atoms with Gasteiger partial charge in [0.15, 0.2) is 0 Å². The zero-order chi connectivity index (χ0) is 7.68. The van der Waals surface area contributed by atoms with Gasteiger partial charge in [-0.2, -0.15) is 0 Å². The van der Waals surface area contributed by atoms with Crippen molar-refractivity contribution in [2.45, 2.75) is 0 Å². The molecule has 0 fully saturated rings. The van der Waals surface area contributed by atoms with Gasteiger partial charge in [-0.25, -0.2) is 4.98 Å². The van der Waals surface area contributed by atoms with Crippen molar-refractivity contribution in [2.75, 3.05) is 0 Å². The number of halogens is 1. The molecule has 0 saturated heterocycles. The molecule has 2 rings (SSSR count). The van der Waals surface area contributed by atoms with Crippen LogP contribution in [0.25, 0.3) is 11.0 Å². The first kappa shape index (κ1) is 6.54. The fourth-order valence-corrected chi connectivity index (χ4v) is 1.41. The molecule has 2 radical (unpaired) electrons. The van der Waals surface area contributed by atoms with E-state index in [0.717, 1.165) is 11.0 Å². The molecule has 2 aromatic rings. The summed E-state index contributed by atoms with van der Waals surface area (Å²) in [6.45, 7) is 0. The van der Waals surface area contributed by atoms with Gasteiger partial charge in [0.05, 0.1) is 17.4 Å². The molecule has 4 heteroatoms. The van der Waals surface area contributed by atoms with Gasteiger partial charge in [0, 0.05) is 0 Å². The van der Waals surface area contributed by atoms with Crippen LogP contribution in [0.1, 0.15) is 0 Å². The average Bonchev–Trinajstić information content (AvgIpc) is 2.47. The van der Waals surface area contributed by atoms with Crippen molar-refractivity contribution < 1.29 is 4.11 Å². The molecule has 0 N–H and O–H groups in total. The first-order valence-electron chi connectivity index (χ1n) is 3.20. The Morgan fingerprint density at radius 3 is 3.00 bits per heavy atom. The fourth-order valence-electron chi connectivity index (χ4n) is 1.03. The lowest BCUT2D eigenvalue weighted by molar-refractivity contribution is 0.839. The van der Waals surface area contributed by atoms with Gasteiger partial charge in [0.1, 0.15) is 0 Å². The number of hydrogen-bond acceptors (Lipinski definition) is 1. The van der Waals surface area contributed by atoms with E-state index in [1.54, 1.807) is 0 Å². The molecule has 2 nitrogen and oxygen atoms in total. The number of nitrogens with zero attached hydrogens (tertiary/aromatic N) is 2. The molecule has 1 aromatic heterocycles. The van der Waals surface area contributed by atoms with Crippen LogP contribution < -0.4 is 0 Å². The lowest BCUT2D eigenvalue weighted by Gasteiger charge is -1.91. The van der Waals surface area contributed by atoms with E-state index in [1.165, 1.54) is 10.6 Å². The summed E-state index contributed by atoms with van der Waals surface area (Å²) in [6, 6.07) is 7.49. The normalized spacial score (nSPS) is 10.6. The summed E-state index contributed by atoms with van der Waals surface area (Å²) in [6.07, 6.45) is 1.52. The van der Waals surface area contributed by atoms with Crippen LogP contribution in [-0.2, 0) is 0 Å². The Hall–Kier alpha value is -1.16. The quantitative estimate of drug-likeness (QED) is 0.460. The topological polar surface area (TPSA) is 17.8 Å². The van der Waals surface area contributed by atoms with Crippen LogP contribution in [0, 0.1) is 0 Å². The number of aromatic nitrogens is 2. The highest BCUT2D eigenvalue weighted by atomic mass is 28.3. The number of fused-ring (bicyclic) bond motifs is 1. The van der Waals surface area contributed by atoms with E-state index in [9.17, 15) is 4.11 Å². The zero-order valence-corrected chi connectivity index (χ0v) is 6.66. The van der Waals surface area contributed by atoms with E-state index in [0.29, 0.717) is 0 Å². The van der Waals surface area contributed by atoms with Crippen LogP contribution in [0.4, 0.5) is 4.11 Å². The smallest absolute Gasteiger partial charge is 0.329 e. The summed E-state index contributed by atoms with van der Waals surface area (Å²) in [5, 5.41) is 0. The second-order valence-electron chi connectivity index (χ2n) is 2.19. The van der Waals surface area contributed by atoms with Crippen molar-refractivity contribution in [3.8, 4) is 0 Å². The predicted molar refractivity (Wildman–Crippen MR) is 42.0 cm³/mol. The summed E-state index contributed by atoms with van der Waals surface area (Å²) in [5.41, 5.74) is 1.70. The summed E-state index contributed by atoms with van der Waals surface area (Å²) in [5.74, 6) is 0. The van der Waals surface area contributed by atoms with Crippen LogP contribution in [0.15, 0.2) is 30.6 Å². The molecule has 0 amide bonds. The summed E-state index contributed by atoms with van der Waals surface area (Å²) < 4.78 is 13.7. The molecule has 0 aliphatic rings. The second kappa shape index (κ2) is 2.47. The number of hydrogen-bond donors (Lipinski definition) is 0. The molecule has 0 aliphatic heterocycles. The van der Waals surface area contributed by atoms with Crippen molar-refractivity contribution in [1.82, 2.24) is 9.22 Å². The number of imidazole rings is 1. The lowest BCUT2D eigenvalue weighted by Crippen LogP contribution is -1.96. The van der Waals surface area contributed by atoms with Gasteiger partial charge in [0.25, 0.3) is 0 Å². The van der Waals surface area contributed by atoms with Gasteiger partial charge in [-0.3, -0.25) is 4.11 Å². The van der Waals surface area contributed by atoms with Crippen molar-refractivity contribution in [1.29, 1.82) is 0 Å². The highest BCUT2D eigenvalue weighted by Gasteiger charge is 2.00. The Labute approximate surface area is 65.7 Å². The van der Waals surface area contributed by atoms with E-state index in [-0.39, 0.29) is 0 Å². The Morgan fingerprint density at radius 2 is 2.18 bits per heavy atom. The highest BCUT2D eigenvalue weighted by Crippen LogP contribution is 2.09. The Bertz CT molecular complexity index is 371. The number of rotatable bonds is 1. The molecule has 0 bridgehead atoms. The maximum Gasteiger partial charge on any atom is 0.443 e. The SMILES string of the molecule is F[Si]n1cnc2ccccc21. The summed E-state index contributed by atoms with van der Waals surface area (Å²) in [7, 11) is -0.738. The first-order valence-corrected chi connectivity index (χ1v) is 4.03. The third-order valence-corrected chi connectivity index (χ3v) is 2.08. The summed E-state index contributed by atoms with van der Waals surface area (Å²) in [4.78, 5) is 4.02. The minimum absolute atomic E-state index is 0.738. The van der Waals surface area contributed by atoms with Gasteiger partial charge < -0.3 is 4.23 Å². The van der Waals surface area contributed by atoms with Gasteiger partial charge >= 0.3 is 10.0 Å². The molecular formula is C7H5FN2Si. The van der Waals surface area contributed by atoms with Crippen LogP contribution >= 0.6 is 0 Å². The molecule has 11 heavy (non-hydrogen) atoms. The van der Waals surface area contributed by atoms with E-state index in [4.69, 9.17) is 0 Å². The molecule has 54 valence electrons. The average molecular weight is 164 g/mol. The molecule has 1 aromatic carbocycles. The van der Waals surface area contributed by atoms with Crippen molar-refractivity contribution in [2.24, 2.45) is 0 Å². The van der Waals surface area contributed by atoms with Gasteiger partial charge in [-0.15, -0.1) is 0 Å². The molecule has 0 spiro atoms. The van der Waals surface area contributed by atoms with Crippen LogP contribution in [0.2, 0.25) is 0 Å². The van der Waals surface area contributed by atoms with E-state index in [2.05, 4.69) is 4.98 Å². The Morgan fingerprint density at radius 1 is 1.36 bits per heavy atom.